The molecule has 1 fully saturated rings. The van der Waals surface area contributed by atoms with E-state index in [4.69, 9.17) is 4.74 Å². The third-order valence-electron chi connectivity index (χ3n) is 4.13. The van der Waals surface area contributed by atoms with Crippen LogP contribution in [0.15, 0.2) is 12.4 Å². The summed E-state index contributed by atoms with van der Waals surface area (Å²) in [6, 6.07) is 0. The van der Waals surface area contributed by atoms with E-state index >= 15 is 0 Å². The third-order valence-corrected chi connectivity index (χ3v) is 4.13. The average Bonchev–Trinajstić information content (AvgIpc) is 3.01. The Morgan fingerprint density at radius 2 is 2.16 bits per heavy atom. The fourth-order valence-electron chi connectivity index (χ4n) is 3.17. The Morgan fingerprint density at radius 1 is 1.42 bits per heavy atom. The first kappa shape index (κ1) is 14.5. The molecule has 0 aromatic carbocycles. The predicted octanol–water partition coefficient (Wildman–Crippen LogP) is 2.55. The van der Waals surface area contributed by atoms with E-state index < -0.39 is 6.10 Å². The fourth-order valence-corrected chi connectivity index (χ4v) is 3.17. The lowest BCUT2D eigenvalue weighted by atomic mass is 9.92. The predicted molar refractivity (Wildman–Crippen MR) is 75.1 cm³/mol. The minimum atomic E-state index is -0.451. The van der Waals surface area contributed by atoms with Gasteiger partial charge in [0.05, 0.1) is 11.7 Å². The first-order valence-corrected chi connectivity index (χ1v) is 7.54. The Morgan fingerprint density at radius 3 is 2.79 bits per heavy atom. The summed E-state index contributed by atoms with van der Waals surface area (Å²) < 4.78 is 8.05. The van der Waals surface area contributed by atoms with Gasteiger partial charge in [-0.05, 0) is 26.2 Å². The highest BCUT2D eigenvalue weighted by Gasteiger charge is 2.41. The van der Waals surface area contributed by atoms with Crippen molar-refractivity contribution in [2.45, 2.75) is 70.6 Å². The Labute approximate surface area is 115 Å². The highest BCUT2D eigenvalue weighted by molar-refractivity contribution is 5.01. The second-order valence-electron chi connectivity index (χ2n) is 5.46. The van der Waals surface area contributed by atoms with Crippen molar-refractivity contribution in [2.75, 3.05) is 6.61 Å². The molecule has 0 spiro atoms. The van der Waals surface area contributed by atoms with E-state index in [9.17, 15) is 5.11 Å². The quantitative estimate of drug-likeness (QED) is 0.825. The molecular formula is C15H26N2O2. The second kappa shape index (κ2) is 6.53. The highest BCUT2D eigenvalue weighted by atomic mass is 16.5. The van der Waals surface area contributed by atoms with Gasteiger partial charge in [0.1, 0.15) is 5.82 Å². The smallest absolute Gasteiger partial charge is 0.111 e. The Bertz CT molecular complexity index is 383. The van der Waals surface area contributed by atoms with Crippen LogP contribution < -0.4 is 0 Å². The van der Waals surface area contributed by atoms with E-state index in [1.807, 2.05) is 19.3 Å². The van der Waals surface area contributed by atoms with Crippen molar-refractivity contribution in [1.29, 1.82) is 0 Å². The van der Waals surface area contributed by atoms with Crippen molar-refractivity contribution in [3.63, 3.8) is 0 Å². The van der Waals surface area contributed by atoms with Crippen LogP contribution in [-0.4, -0.2) is 33.0 Å². The number of aromatic nitrogens is 2. The molecule has 1 atom stereocenters. The number of aliphatic hydroxyl groups is 1. The van der Waals surface area contributed by atoms with Crippen LogP contribution >= 0.6 is 0 Å². The summed E-state index contributed by atoms with van der Waals surface area (Å²) in [6.07, 6.45) is 9.28. The molecule has 1 saturated carbocycles. The Balaban J connectivity index is 2.06. The number of aryl methyl sites for hydroxylation is 1. The molecular weight excluding hydrogens is 240 g/mol. The van der Waals surface area contributed by atoms with Crippen molar-refractivity contribution in [2.24, 2.45) is 0 Å². The summed E-state index contributed by atoms with van der Waals surface area (Å²) in [5, 5.41) is 10.6. The SMILES string of the molecule is CCCn1ccnc1CC(O)C1(OCC)CCCC1. The molecule has 0 radical (unpaired) electrons. The van der Waals surface area contributed by atoms with E-state index in [1.165, 1.54) is 0 Å². The summed E-state index contributed by atoms with van der Waals surface area (Å²) >= 11 is 0. The van der Waals surface area contributed by atoms with Crippen LogP contribution in [0.25, 0.3) is 0 Å². The van der Waals surface area contributed by atoms with Crippen LogP contribution in [0.3, 0.4) is 0 Å². The first-order valence-electron chi connectivity index (χ1n) is 7.54. The van der Waals surface area contributed by atoms with Gasteiger partial charge in [0.25, 0.3) is 0 Å². The van der Waals surface area contributed by atoms with Gasteiger partial charge in [0, 0.05) is 32.0 Å². The van der Waals surface area contributed by atoms with Crippen molar-refractivity contribution in [3.8, 4) is 0 Å². The van der Waals surface area contributed by atoms with Crippen LogP contribution in [0.5, 0.6) is 0 Å². The maximum Gasteiger partial charge on any atom is 0.111 e. The number of rotatable bonds is 7. The number of aliphatic hydroxyl groups excluding tert-OH is 1. The summed E-state index contributed by atoms with van der Waals surface area (Å²) in [4.78, 5) is 4.38. The molecule has 2 rings (SSSR count). The van der Waals surface area contributed by atoms with Gasteiger partial charge in [-0.2, -0.15) is 0 Å². The second-order valence-corrected chi connectivity index (χ2v) is 5.46. The van der Waals surface area contributed by atoms with Crippen LogP contribution in [0.4, 0.5) is 0 Å². The molecule has 1 aliphatic carbocycles. The van der Waals surface area contributed by atoms with E-state index in [1.54, 1.807) is 0 Å². The minimum Gasteiger partial charge on any atom is -0.390 e. The van der Waals surface area contributed by atoms with Crippen LogP contribution in [0, 0.1) is 0 Å². The molecule has 0 saturated heterocycles. The fraction of sp³-hybridized carbons (Fsp3) is 0.800. The zero-order valence-electron chi connectivity index (χ0n) is 12.1. The number of nitrogens with zero attached hydrogens (tertiary/aromatic N) is 2. The minimum absolute atomic E-state index is 0.336. The van der Waals surface area contributed by atoms with Gasteiger partial charge in [0.2, 0.25) is 0 Å². The van der Waals surface area contributed by atoms with E-state index in [-0.39, 0.29) is 5.60 Å². The zero-order chi connectivity index (χ0) is 13.7. The molecule has 19 heavy (non-hydrogen) atoms. The third kappa shape index (κ3) is 3.18. The summed E-state index contributed by atoms with van der Waals surface area (Å²) in [5.74, 6) is 0.973. The molecule has 4 heteroatoms. The van der Waals surface area contributed by atoms with E-state index in [0.29, 0.717) is 13.0 Å². The van der Waals surface area contributed by atoms with Gasteiger partial charge >= 0.3 is 0 Å². The first-order chi connectivity index (χ1) is 9.22. The lowest BCUT2D eigenvalue weighted by Gasteiger charge is -2.34. The van der Waals surface area contributed by atoms with Crippen LogP contribution in [-0.2, 0) is 17.7 Å². The van der Waals surface area contributed by atoms with Gasteiger partial charge < -0.3 is 14.4 Å². The van der Waals surface area contributed by atoms with Crippen molar-refractivity contribution < 1.29 is 9.84 Å². The molecule has 0 aliphatic heterocycles. The standard InChI is InChI=1S/C15H26N2O2/c1-3-10-17-11-9-16-14(17)12-13(18)15(19-4-2)7-5-6-8-15/h9,11,13,18H,3-8,10,12H2,1-2H3. The van der Waals surface area contributed by atoms with Gasteiger partial charge in [-0.1, -0.05) is 19.8 Å². The van der Waals surface area contributed by atoms with Crippen molar-refractivity contribution >= 4 is 0 Å². The Hall–Kier alpha value is -0.870. The molecule has 108 valence electrons. The van der Waals surface area contributed by atoms with Gasteiger partial charge in [-0.3, -0.25) is 0 Å². The number of hydrogen-bond acceptors (Lipinski definition) is 3. The number of imidazole rings is 1. The largest absolute Gasteiger partial charge is 0.390 e. The van der Waals surface area contributed by atoms with Gasteiger partial charge in [-0.15, -0.1) is 0 Å². The average molecular weight is 266 g/mol. The molecule has 4 nitrogen and oxygen atoms in total. The number of ether oxygens (including phenoxy) is 1. The lowest BCUT2D eigenvalue weighted by molar-refractivity contribution is -0.116. The molecule has 1 aromatic heterocycles. The molecule has 1 unspecified atom stereocenters. The highest BCUT2D eigenvalue weighted by Crippen LogP contribution is 2.37. The van der Waals surface area contributed by atoms with Gasteiger partial charge in [0.15, 0.2) is 0 Å². The Kier molecular flexibility index (Phi) is 4.99. The van der Waals surface area contributed by atoms with Crippen molar-refractivity contribution in [1.82, 2.24) is 9.55 Å². The normalized spacial score (nSPS) is 19.7. The van der Waals surface area contributed by atoms with Crippen LogP contribution in [0.1, 0.15) is 51.8 Å². The zero-order valence-corrected chi connectivity index (χ0v) is 12.1. The van der Waals surface area contributed by atoms with E-state index in [0.717, 1.165) is 44.5 Å². The summed E-state index contributed by atoms with van der Waals surface area (Å²) in [6.45, 7) is 5.79. The van der Waals surface area contributed by atoms with Gasteiger partial charge in [-0.25, -0.2) is 4.98 Å². The molecule has 1 heterocycles. The summed E-state index contributed by atoms with van der Waals surface area (Å²) in [7, 11) is 0. The van der Waals surface area contributed by atoms with E-state index in [2.05, 4.69) is 16.5 Å². The molecule has 0 bridgehead atoms. The topological polar surface area (TPSA) is 47.3 Å². The monoisotopic (exact) mass is 266 g/mol. The number of hydrogen-bond donors (Lipinski definition) is 1. The molecule has 1 aliphatic rings. The molecule has 1 N–H and O–H groups in total. The van der Waals surface area contributed by atoms with Crippen molar-refractivity contribution in [3.05, 3.63) is 18.2 Å². The molecule has 1 aromatic rings. The lowest BCUT2D eigenvalue weighted by Crippen LogP contribution is -2.44. The maximum atomic E-state index is 10.6. The maximum absolute atomic E-state index is 10.6. The summed E-state index contributed by atoms with van der Waals surface area (Å²) in [5.41, 5.74) is -0.336. The van der Waals surface area contributed by atoms with Crippen LogP contribution in [0.2, 0.25) is 0 Å². The molecule has 0 amide bonds.